The van der Waals surface area contributed by atoms with E-state index >= 15 is 0 Å². The number of anilines is 1. The van der Waals surface area contributed by atoms with Gasteiger partial charge in [0.05, 0.1) is 5.71 Å². The quantitative estimate of drug-likeness (QED) is 0.858. The lowest BCUT2D eigenvalue weighted by Gasteiger charge is -2.22. The van der Waals surface area contributed by atoms with E-state index in [2.05, 4.69) is 22.8 Å². The second-order valence-electron chi connectivity index (χ2n) is 6.82. The summed E-state index contributed by atoms with van der Waals surface area (Å²) >= 11 is 0. The number of carbonyl (C=O) groups is 2. The number of Topliss-reactive ketones (excluding diaryl/α,β-unsaturated/α-hetero) is 1. The molecule has 5 heteroatoms. The summed E-state index contributed by atoms with van der Waals surface area (Å²) in [4.78, 5) is 23.5. The van der Waals surface area contributed by atoms with Gasteiger partial charge in [0.15, 0.2) is 5.78 Å². The van der Waals surface area contributed by atoms with Crippen LogP contribution in [0.1, 0.15) is 57.9 Å². The molecule has 1 aliphatic carbocycles. The molecule has 0 bridgehead atoms. The van der Waals surface area contributed by atoms with Crippen LogP contribution in [0.15, 0.2) is 40.6 Å². The predicted molar refractivity (Wildman–Crippen MR) is 99.3 cm³/mol. The van der Waals surface area contributed by atoms with Gasteiger partial charge in [-0.2, -0.15) is 5.10 Å². The van der Waals surface area contributed by atoms with Gasteiger partial charge in [-0.05, 0) is 37.0 Å². The van der Waals surface area contributed by atoms with Crippen LogP contribution >= 0.6 is 0 Å². The monoisotopic (exact) mass is 339 g/mol. The largest absolute Gasteiger partial charge is 0.359 e. The molecule has 5 nitrogen and oxygen atoms in total. The van der Waals surface area contributed by atoms with Crippen molar-refractivity contribution in [1.82, 2.24) is 5.43 Å². The maximum absolute atomic E-state index is 12.2. The number of allylic oxidation sites excluding steroid dienone is 2. The van der Waals surface area contributed by atoms with Gasteiger partial charge < -0.3 is 5.32 Å². The first-order chi connectivity index (χ1) is 12.1. The Balaban J connectivity index is 1.77. The zero-order valence-electron chi connectivity index (χ0n) is 14.9. The zero-order valence-corrected chi connectivity index (χ0v) is 14.9. The average molecular weight is 339 g/mol. The number of hydrogen-bond donors (Lipinski definition) is 2. The Morgan fingerprint density at radius 3 is 2.64 bits per heavy atom. The summed E-state index contributed by atoms with van der Waals surface area (Å²) < 4.78 is 0. The van der Waals surface area contributed by atoms with Crippen molar-refractivity contribution in [3.05, 3.63) is 41.1 Å². The highest BCUT2D eigenvalue weighted by atomic mass is 16.2. The van der Waals surface area contributed by atoms with Gasteiger partial charge in [-0.15, -0.1) is 0 Å². The van der Waals surface area contributed by atoms with Crippen LogP contribution in [0.3, 0.4) is 0 Å². The van der Waals surface area contributed by atoms with Crippen molar-refractivity contribution in [3.8, 4) is 0 Å². The lowest BCUT2D eigenvalue weighted by atomic mass is 9.91. The number of rotatable bonds is 5. The molecule has 1 aromatic carbocycles. The van der Waals surface area contributed by atoms with Crippen LogP contribution in [0.4, 0.5) is 5.69 Å². The van der Waals surface area contributed by atoms with Gasteiger partial charge in [0.1, 0.15) is 0 Å². The fraction of sp³-hybridized carbons (Fsp3) is 0.450. The molecule has 2 N–H and O–H groups in total. The molecule has 0 saturated carbocycles. The van der Waals surface area contributed by atoms with Gasteiger partial charge in [-0.25, -0.2) is 5.43 Å². The third-order valence-electron chi connectivity index (χ3n) is 4.77. The molecule has 3 rings (SSSR count). The highest BCUT2D eigenvalue weighted by Gasteiger charge is 2.22. The number of carbonyl (C=O) groups excluding carboxylic acids is 2. The molecule has 0 aromatic heterocycles. The molecular weight excluding hydrogens is 314 g/mol. The maximum atomic E-state index is 12.2. The lowest BCUT2D eigenvalue weighted by Crippen LogP contribution is -2.31. The van der Waals surface area contributed by atoms with Crippen molar-refractivity contribution in [2.45, 2.75) is 52.4 Å². The van der Waals surface area contributed by atoms with Gasteiger partial charge in [0.25, 0.3) is 0 Å². The van der Waals surface area contributed by atoms with E-state index in [9.17, 15) is 9.59 Å². The fourth-order valence-corrected chi connectivity index (χ4v) is 3.47. The molecule has 0 unspecified atom stereocenters. The highest BCUT2D eigenvalue weighted by Crippen LogP contribution is 2.27. The minimum atomic E-state index is -0.0353. The van der Waals surface area contributed by atoms with Crippen molar-refractivity contribution >= 4 is 23.1 Å². The van der Waals surface area contributed by atoms with Crippen LogP contribution < -0.4 is 10.7 Å². The molecule has 1 aromatic rings. The number of amides is 1. The second-order valence-corrected chi connectivity index (χ2v) is 6.82. The number of ketones is 1. The highest BCUT2D eigenvalue weighted by molar-refractivity contribution is 6.05. The Bertz CT molecular complexity index is 732. The number of nitrogens with one attached hydrogen (secondary N) is 2. The van der Waals surface area contributed by atoms with E-state index in [1.165, 1.54) is 0 Å². The molecule has 1 aliphatic heterocycles. The normalized spacial score (nSPS) is 21.0. The minimum Gasteiger partial charge on any atom is -0.359 e. The van der Waals surface area contributed by atoms with Crippen LogP contribution in [-0.4, -0.2) is 17.4 Å². The van der Waals surface area contributed by atoms with Gasteiger partial charge in [-0.1, -0.05) is 32.4 Å². The summed E-state index contributed by atoms with van der Waals surface area (Å²) in [6.07, 6.45) is 4.80. The summed E-state index contributed by atoms with van der Waals surface area (Å²) in [5.41, 5.74) is 7.49. The van der Waals surface area contributed by atoms with Crippen molar-refractivity contribution in [2.75, 3.05) is 5.32 Å². The van der Waals surface area contributed by atoms with E-state index in [1.54, 1.807) is 0 Å². The predicted octanol–water partition coefficient (Wildman–Crippen LogP) is 3.77. The third-order valence-corrected chi connectivity index (χ3v) is 4.77. The first-order valence-corrected chi connectivity index (χ1v) is 9.07. The lowest BCUT2D eigenvalue weighted by molar-refractivity contribution is -0.122. The van der Waals surface area contributed by atoms with Gasteiger partial charge in [-0.3, -0.25) is 9.59 Å². The number of nitrogens with zero attached hydrogens (tertiary/aromatic N) is 1. The van der Waals surface area contributed by atoms with Gasteiger partial charge >= 0.3 is 0 Å². The first kappa shape index (κ1) is 17.4. The summed E-state index contributed by atoms with van der Waals surface area (Å²) in [6.45, 7) is 4.12. The van der Waals surface area contributed by atoms with Crippen LogP contribution in [0.2, 0.25) is 0 Å². The SMILES string of the molecule is CCCC1=C(Nc2ccc(C3=NNC(=O)C[C@@H]3C)cc2)CCCC1=O. The van der Waals surface area contributed by atoms with E-state index < -0.39 is 0 Å². The van der Waals surface area contributed by atoms with Gasteiger partial charge in [0.2, 0.25) is 5.91 Å². The van der Waals surface area contributed by atoms with E-state index in [-0.39, 0.29) is 17.6 Å². The Labute approximate surface area is 148 Å². The van der Waals surface area contributed by atoms with Crippen LogP contribution in [0, 0.1) is 5.92 Å². The smallest absolute Gasteiger partial charge is 0.240 e. The van der Waals surface area contributed by atoms with Crippen LogP contribution in [-0.2, 0) is 9.59 Å². The Hall–Kier alpha value is -2.43. The second kappa shape index (κ2) is 7.64. The summed E-state index contributed by atoms with van der Waals surface area (Å²) in [6, 6.07) is 8.05. The van der Waals surface area contributed by atoms with Crippen molar-refractivity contribution in [2.24, 2.45) is 11.0 Å². The zero-order chi connectivity index (χ0) is 17.8. The molecule has 132 valence electrons. The van der Waals surface area contributed by atoms with Crippen LogP contribution in [0.25, 0.3) is 0 Å². The van der Waals surface area contributed by atoms with E-state index in [0.29, 0.717) is 12.8 Å². The number of hydrogen-bond acceptors (Lipinski definition) is 4. The molecule has 25 heavy (non-hydrogen) atoms. The molecule has 0 spiro atoms. The van der Waals surface area contributed by atoms with Gasteiger partial charge in [0, 0.05) is 35.7 Å². The Morgan fingerprint density at radius 1 is 1.20 bits per heavy atom. The molecule has 0 fully saturated rings. The molecular formula is C20H25N3O2. The fourth-order valence-electron chi connectivity index (χ4n) is 3.47. The topological polar surface area (TPSA) is 70.6 Å². The van der Waals surface area contributed by atoms with Crippen molar-refractivity contribution < 1.29 is 9.59 Å². The maximum Gasteiger partial charge on any atom is 0.240 e. The van der Waals surface area contributed by atoms with Crippen LogP contribution in [0.5, 0.6) is 0 Å². The van der Waals surface area contributed by atoms with Crippen molar-refractivity contribution in [1.29, 1.82) is 0 Å². The third kappa shape index (κ3) is 3.98. The summed E-state index contributed by atoms with van der Waals surface area (Å²) in [5.74, 6) is 0.364. The molecule has 0 saturated heterocycles. The summed E-state index contributed by atoms with van der Waals surface area (Å²) in [7, 11) is 0. The number of benzene rings is 1. The van der Waals surface area contributed by atoms with E-state index in [1.807, 2.05) is 31.2 Å². The molecule has 1 amide bonds. The first-order valence-electron chi connectivity index (χ1n) is 9.07. The standard InChI is InChI=1S/C20H25N3O2/c1-3-5-16-17(6-4-7-18(16)24)21-15-10-8-14(9-11-15)20-13(2)12-19(25)22-23-20/h8-11,13,21H,3-7,12H2,1-2H3,(H,22,25)/t13-/m0/s1. The molecule has 1 atom stereocenters. The summed E-state index contributed by atoms with van der Waals surface area (Å²) in [5, 5.41) is 7.64. The Kier molecular flexibility index (Phi) is 5.31. The number of hydrazone groups is 1. The van der Waals surface area contributed by atoms with E-state index in [0.717, 1.165) is 53.9 Å². The molecule has 1 heterocycles. The molecule has 0 radical (unpaired) electrons. The Morgan fingerprint density at radius 2 is 1.96 bits per heavy atom. The van der Waals surface area contributed by atoms with E-state index in [4.69, 9.17) is 0 Å². The minimum absolute atomic E-state index is 0.0353. The average Bonchev–Trinajstić information content (AvgIpc) is 2.59. The van der Waals surface area contributed by atoms with Crippen molar-refractivity contribution in [3.63, 3.8) is 0 Å². The molecule has 2 aliphatic rings.